The smallest absolute Gasteiger partial charge is 0.257 e. The van der Waals surface area contributed by atoms with Crippen molar-refractivity contribution in [3.05, 3.63) is 36.5 Å². The summed E-state index contributed by atoms with van der Waals surface area (Å²) in [5.41, 5.74) is -0.435. The Labute approximate surface area is 251 Å². The zero-order chi connectivity index (χ0) is 30.3. The number of piperidine rings is 1. The van der Waals surface area contributed by atoms with E-state index in [1.807, 2.05) is 0 Å². The van der Waals surface area contributed by atoms with Crippen LogP contribution in [0.4, 0.5) is 0 Å². The molecule has 43 heavy (non-hydrogen) atoms. The lowest BCUT2D eigenvalue weighted by molar-refractivity contribution is -0.0312. The molecule has 4 aliphatic rings. The van der Waals surface area contributed by atoms with E-state index in [1.54, 1.807) is 12.1 Å². The zero-order valence-corrected chi connectivity index (χ0v) is 25.3. The highest BCUT2D eigenvalue weighted by molar-refractivity contribution is 7.93. The average Bonchev–Trinajstić information content (AvgIpc) is 3.75. The molecule has 3 aliphatic heterocycles. The van der Waals surface area contributed by atoms with E-state index in [9.17, 15) is 27.0 Å². The third kappa shape index (κ3) is 6.08. The Balaban J connectivity index is 0.963. The summed E-state index contributed by atoms with van der Waals surface area (Å²) >= 11 is 0. The fraction of sp³-hybridized carbons (Fsp3) is 0.607. The minimum Gasteiger partial charge on any atom is -0.491 e. The second-order valence-electron chi connectivity index (χ2n) is 11.7. The van der Waals surface area contributed by atoms with Gasteiger partial charge in [-0.25, -0.2) is 21.8 Å². The molecule has 3 N–H and O–H groups in total. The lowest BCUT2D eigenvalue weighted by atomic mass is 9.88. The summed E-state index contributed by atoms with van der Waals surface area (Å²) in [5.74, 6) is 0.945. The molecule has 2 aromatic rings. The molecule has 0 bridgehead atoms. The van der Waals surface area contributed by atoms with Crippen LogP contribution in [0, 0.1) is 0 Å². The van der Waals surface area contributed by atoms with Gasteiger partial charge in [0.2, 0.25) is 10.0 Å². The SMILES string of the molecule is O=S(=O)(c1cnc2c(c1)OCCO2)N1CCC2(CC1)C[C@@H](NCC(O)COc1cccc(S(=O)(=O)C3(CO)CC3)c1)CO2. The van der Waals surface area contributed by atoms with Crippen LogP contribution in [-0.4, -0.2) is 112 Å². The highest BCUT2D eigenvalue weighted by Crippen LogP contribution is 2.46. The molecule has 6 rings (SSSR count). The number of aliphatic hydroxyl groups is 2. The Morgan fingerprint density at radius 1 is 1.07 bits per heavy atom. The van der Waals surface area contributed by atoms with Crippen LogP contribution in [0.15, 0.2) is 46.3 Å². The number of aliphatic hydroxyl groups excluding tert-OH is 2. The number of nitrogens with one attached hydrogen (secondary N) is 1. The fourth-order valence-electron chi connectivity index (χ4n) is 5.85. The molecule has 1 spiro atoms. The van der Waals surface area contributed by atoms with Gasteiger partial charge in [0.25, 0.3) is 5.88 Å². The van der Waals surface area contributed by atoms with E-state index in [0.29, 0.717) is 82.4 Å². The number of pyridine rings is 1. The van der Waals surface area contributed by atoms with Gasteiger partial charge in [0.15, 0.2) is 15.6 Å². The molecule has 1 unspecified atom stereocenters. The maximum atomic E-state index is 13.3. The number of fused-ring (bicyclic) bond motifs is 1. The predicted molar refractivity (Wildman–Crippen MR) is 152 cm³/mol. The molecule has 1 aromatic heterocycles. The predicted octanol–water partition coefficient (Wildman–Crippen LogP) is 0.493. The van der Waals surface area contributed by atoms with Crippen LogP contribution < -0.4 is 19.5 Å². The normalized spacial score (nSPS) is 23.6. The summed E-state index contributed by atoms with van der Waals surface area (Å²) < 4.78 is 75.3. The van der Waals surface area contributed by atoms with Crippen LogP contribution in [0.3, 0.4) is 0 Å². The summed E-state index contributed by atoms with van der Waals surface area (Å²) in [5, 5.41) is 23.4. The number of sulfonamides is 1. The van der Waals surface area contributed by atoms with Crippen molar-refractivity contribution in [2.45, 2.75) is 64.4 Å². The van der Waals surface area contributed by atoms with Crippen molar-refractivity contribution in [2.75, 3.05) is 52.7 Å². The van der Waals surface area contributed by atoms with Crippen molar-refractivity contribution in [3.63, 3.8) is 0 Å². The van der Waals surface area contributed by atoms with Gasteiger partial charge < -0.3 is 34.5 Å². The first kappa shape index (κ1) is 30.5. The second kappa shape index (κ2) is 11.8. The van der Waals surface area contributed by atoms with Gasteiger partial charge >= 0.3 is 0 Å². The summed E-state index contributed by atoms with van der Waals surface area (Å²) in [4.78, 5) is 4.27. The minimum absolute atomic E-state index is 0.0125. The van der Waals surface area contributed by atoms with Gasteiger partial charge in [0.05, 0.1) is 34.7 Å². The first-order valence-electron chi connectivity index (χ1n) is 14.5. The van der Waals surface area contributed by atoms with Crippen LogP contribution in [0.2, 0.25) is 0 Å². The minimum atomic E-state index is -3.75. The Morgan fingerprint density at radius 3 is 2.58 bits per heavy atom. The van der Waals surface area contributed by atoms with Gasteiger partial charge in [-0.3, -0.25) is 0 Å². The van der Waals surface area contributed by atoms with Crippen LogP contribution in [0.25, 0.3) is 0 Å². The Bertz CT molecular complexity index is 1540. The Morgan fingerprint density at radius 2 is 1.84 bits per heavy atom. The molecule has 1 aliphatic carbocycles. The van der Waals surface area contributed by atoms with Crippen molar-refractivity contribution in [1.82, 2.24) is 14.6 Å². The maximum absolute atomic E-state index is 13.3. The van der Waals surface area contributed by atoms with Crippen molar-refractivity contribution in [3.8, 4) is 17.4 Å². The molecule has 1 aromatic carbocycles. The highest BCUT2D eigenvalue weighted by Gasteiger charge is 2.54. The number of benzene rings is 1. The first-order chi connectivity index (χ1) is 20.6. The average molecular weight is 640 g/mol. The lowest BCUT2D eigenvalue weighted by Gasteiger charge is -2.38. The molecule has 3 fully saturated rings. The second-order valence-corrected chi connectivity index (χ2v) is 15.9. The molecule has 0 radical (unpaired) electrons. The number of rotatable bonds is 11. The standard InChI is InChI=1S/C28H37N3O10S2/c32-19-28(4-5-28)42(34,35)23-3-1-2-22(12-23)40-18-21(33)15-29-20-14-27(41-17-20)6-8-31(9-7-27)43(36,37)24-13-25-26(30-16-24)39-11-10-38-25/h1-3,12-13,16,20-21,29,32-33H,4-11,14-15,17-19H2/t20-,21?/m1/s1. The quantitative estimate of drug-likeness (QED) is 0.311. The largest absolute Gasteiger partial charge is 0.491 e. The third-order valence-corrected chi connectivity index (χ3v) is 13.1. The van der Waals surface area contributed by atoms with E-state index in [-0.39, 0.29) is 29.0 Å². The van der Waals surface area contributed by atoms with E-state index in [1.165, 1.54) is 28.7 Å². The molecule has 15 heteroatoms. The number of hydrogen-bond donors (Lipinski definition) is 3. The monoisotopic (exact) mass is 639 g/mol. The maximum Gasteiger partial charge on any atom is 0.257 e. The topological polar surface area (TPSA) is 174 Å². The van der Waals surface area contributed by atoms with Crippen LogP contribution in [-0.2, 0) is 24.6 Å². The number of sulfone groups is 1. The summed E-state index contributed by atoms with van der Waals surface area (Å²) in [6.07, 6.45) is 3.10. The van der Waals surface area contributed by atoms with Gasteiger partial charge in [-0.15, -0.1) is 0 Å². The van der Waals surface area contributed by atoms with Gasteiger partial charge in [-0.2, -0.15) is 4.31 Å². The first-order valence-corrected chi connectivity index (χ1v) is 17.4. The molecule has 4 heterocycles. The number of ether oxygens (including phenoxy) is 4. The molecule has 2 atom stereocenters. The number of hydrogen-bond acceptors (Lipinski definition) is 12. The molecule has 13 nitrogen and oxygen atoms in total. The number of aromatic nitrogens is 1. The van der Waals surface area contributed by atoms with E-state index in [4.69, 9.17) is 18.9 Å². The highest BCUT2D eigenvalue weighted by atomic mass is 32.2. The van der Waals surface area contributed by atoms with Crippen molar-refractivity contribution >= 4 is 19.9 Å². The van der Waals surface area contributed by atoms with Gasteiger partial charge in [-0.05, 0) is 50.3 Å². The lowest BCUT2D eigenvalue weighted by Crippen LogP contribution is -2.47. The zero-order valence-electron chi connectivity index (χ0n) is 23.7. The summed E-state index contributed by atoms with van der Waals surface area (Å²) in [7, 11) is -7.42. The van der Waals surface area contributed by atoms with Crippen molar-refractivity contribution in [1.29, 1.82) is 0 Å². The molecule has 1 saturated carbocycles. The van der Waals surface area contributed by atoms with E-state index in [0.717, 1.165) is 0 Å². The van der Waals surface area contributed by atoms with E-state index >= 15 is 0 Å². The molecule has 2 saturated heterocycles. The van der Waals surface area contributed by atoms with Crippen LogP contribution in [0.1, 0.15) is 32.1 Å². The summed E-state index contributed by atoms with van der Waals surface area (Å²) in [6, 6.07) is 7.57. The van der Waals surface area contributed by atoms with Crippen LogP contribution >= 0.6 is 0 Å². The Hall–Kier alpha value is -2.53. The third-order valence-electron chi connectivity index (χ3n) is 8.72. The van der Waals surface area contributed by atoms with E-state index in [2.05, 4.69) is 10.3 Å². The number of nitrogens with zero attached hydrogens (tertiary/aromatic N) is 2. The molecule has 0 amide bonds. The fourth-order valence-corrected chi connectivity index (χ4v) is 9.09. The van der Waals surface area contributed by atoms with Gasteiger partial charge in [0.1, 0.15) is 36.6 Å². The van der Waals surface area contributed by atoms with Gasteiger partial charge in [0, 0.05) is 31.7 Å². The van der Waals surface area contributed by atoms with Crippen molar-refractivity contribution < 1.29 is 46.0 Å². The van der Waals surface area contributed by atoms with Crippen molar-refractivity contribution in [2.24, 2.45) is 0 Å². The Kier molecular flexibility index (Phi) is 8.34. The van der Waals surface area contributed by atoms with Gasteiger partial charge in [-0.1, -0.05) is 6.07 Å². The molecule has 236 valence electrons. The van der Waals surface area contributed by atoms with Crippen LogP contribution in [0.5, 0.6) is 17.4 Å². The molecular formula is C28H37N3O10S2. The van der Waals surface area contributed by atoms with E-state index < -0.39 is 42.9 Å². The summed E-state index contributed by atoms with van der Waals surface area (Å²) in [6.45, 7) is 1.58. The molecular weight excluding hydrogens is 602 g/mol.